The van der Waals surface area contributed by atoms with Crippen molar-refractivity contribution >= 4 is 28.0 Å². The minimum atomic E-state index is -0.847. The standard InChI is InChI=1S/C14H9FN4OS/c15-7-1-2-8-9(5-18-11(8)3-7)13(20)14-19-12(6-21-14)10(17)4-16/h1-3,5-6,10,18H,17H2. The number of thiazole rings is 1. The first-order valence-electron chi connectivity index (χ1n) is 6.02. The minimum absolute atomic E-state index is 0.251. The summed E-state index contributed by atoms with van der Waals surface area (Å²) in [5, 5.41) is 11.2. The van der Waals surface area contributed by atoms with Crippen LogP contribution in [0.1, 0.15) is 27.1 Å². The molecular weight excluding hydrogens is 291 g/mol. The highest BCUT2D eigenvalue weighted by molar-refractivity contribution is 7.12. The van der Waals surface area contributed by atoms with E-state index >= 15 is 0 Å². The fourth-order valence-electron chi connectivity index (χ4n) is 2.00. The van der Waals surface area contributed by atoms with E-state index in [1.165, 1.54) is 18.3 Å². The number of carbonyl (C=O) groups is 1. The predicted octanol–water partition coefficient (Wildman–Crippen LogP) is 2.52. The Morgan fingerprint density at radius 2 is 2.33 bits per heavy atom. The van der Waals surface area contributed by atoms with Gasteiger partial charge in [0, 0.05) is 22.5 Å². The fourth-order valence-corrected chi connectivity index (χ4v) is 2.81. The number of nitrogens with zero attached hydrogens (tertiary/aromatic N) is 2. The fraction of sp³-hybridized carbons (Fsp3) is 0.0714. The number of H-pyrrole nitrogens is 1. The van der Waals surface area contributed by atoms with Crippen LogP contribution in [-0.4, -0.2) is 15.8 Å². The Balaban J connectivity index is 2.01. The molecule has 2 heterocycles. The van der Waals surface area contributed by atoms with Gasteiger partial charge in [-0.2, -0.15) is 5.26 Å². The third kappa shape index (κ3) is 2.31. The number of nitriles is 1. The molecule has 0 bridgehead atoms. The second-order valence-corrected chi connectivity index (χ2v) is 5.26. The number of hydrogen-bond acceptors (Lipinski definition) is 5. The monoisotopic (exact) mass is 300 g/mol. The Morgan fingerprint density at radius 1 is 1.52 bits per heavy atom. The molecule has 0 spiro atoms. The molecule has 1 unspecified atom stereocenters. The zero-order valence-corrected chi connectivity index (χ0v) is 11.4. The number of halogens is 1. The van der Waals surface area contributed by atoms with Crippen molar-refractivity contribution in [1.82, 2.24) is 9.97 Å². The van der Waals surface area contributed by atoms with Gasteiger partial charge in [0.05, 0.1) is 17.3 Å². The summed E-state index contributed by atoms with van der Waals surface area (Å²) in [5.41, 5.74) is 6.89. The first-order valence-corrected chi connectivity index (χ1v) is 6.90. The quantitative estimate of drug-likeness (QED) is 0.726. The average molecular weight is 300 g/mol. The van der Waals surface area contributed by atoms with E-state index in [2.05, 4.69) is 9.97 Å². The van der Waals surface area contributed by atoms with Crippen LogP contribution in [0.2, 0.25) is 0 Å². The summed E-state index contributed by atoms with van der Waals surface area (Å²) in [5.74, 6) is -0.658. The molecule has 7 heteroatoms. The van der Waals surface area contributed by atoms with Crippen molar-refractivity contribution < 1.29 is 9.18 Å². The molecule has 2 aromatic heterocycles. The number of ketones is 1. The van der Waals surface area contributed by atoms with Crippen molar-refractivity contribution in [2.75, 3.05) is 0 Å². The van der Waals surface area contributed by atoms with Gasteiger partial charge >= 0.3 is 0 Å². The molecule has 104 valence electrons. The van der Waals surface area contributed by atoms with E-state index in [9.17, 15) is 9.18 Å². The van der Waals surface area contributed by atoms with Gasteiger partial charge in [-0.3, -0.25) is 4.79 Å². The summed E-state index contributed by atoms with van der Waals surface area (Å²) in [4.78, 5) is 19.4. The number of hydrogen-bond donors (Lipinski definition) is 2. The molecule has 1 atom stereocenters. The average Bonchev–Trinajstić information content (AvgIpc) is 3.12. The van der Waals surface area contributed by atoms with Crippen LogP contribution < -0.4 is 5.73 Å². The topological polar surface area (TPSA) is 95.6 Å². The van der Waals surface area contributed by atoms with Crippen LogP contribution in [-0.2, 0) is 0 Å². The Kier molecular flexibility index (Phi) is 3.25. The molecule has 0 radical (unpaired) electrons. The molecule has 3 rings (SSSR count). The molecule has 0 saturated carbocycles. The number of benzene rings is 1. The predicted molar refractivity (Wildman–Crippen MR) is 76.3 cm³/mol. The highest BCUT2D eigenvalue weighted by atomic mass is 32.1. The van der Waals surface area contributed by atoms with Gasteiger partial charge < -0.3 is 10.7 Å². The molecule has 3 N–H and O–H groups in total. The summed E-state index contributed by atoms with van der Waals surface area (Å²) in [7, 11) is 0. The third-order valence-corrected chi connectivity index (χ3v) is 3.92. The molecule has 0 amide bonds. The van der Waals surface area contributed by atoms with E-state index in [1.807, 2.05) is 6.07 Å². The first-order chi connectivity index (χ1) is 10.1. The third-order valence-electron chi connectivity index (χ3n) is 3.06. The van der Waals surface area contributed by atoms with Crippen molar-refractivity contribution in [2.45, 2.75) is 6.04 Å². The van der Waals surface area contributed by atoms with E-state index in [0.29, 0.717) is 22.2 Å². The van der Waals surface area contributed by atoms with Gasteiger partial charge in [0.1, 0.15) is 11.9 Å². The maximum absolute atomic E-state index is 13.1. The van der Waals surface area contributed by atoms with Crippen LogP contribution in [0, 0.1) is 17.1 Å². The number of fused-ring (bicyclic) bond motifs is 1. The van der Waals surface area contributed by atoms with Crippen molar-refractivity contribution in [2.24, 2.45) is 5.73 Å². The lowest BCUT2D eigenvalue weighted by atomic mass is 10.1. The Morgan fingerprint density at radius 3 is 3.10 bits per heavy atom. The summed E-state index contributed by atoms with van der Waals surface area (Å²) in [6, 6.07) is 5.19. The smallest absolute Gasteiger partial charge is 0.223 e. The molecule has 1 aromatic carbocycles. The summed E-state index contributed by atoms with van der Waals surface area (Å²) >= 11 is 1.13. The van der Waals surface area contributed by atoms with Crippen LogP contribution in [0.15, 0.2) is 29.8 Å². The zero-order chi connectivity index (χ0) is 15.0. The van der Waals surface area contributed by atoms with Crippen LogP contribution in [0.25, 0.3) is 10.9 Å². The van der Waals surface area contributed by atoms with Crippen molar-refractivity contribution in [3.8, 4) is 6.07 Å². The van der Waals surface area contributed by atoms with Crippen LogP contribution in [0.4, 0.5) is 4.39 Å². The van der Waals surface area contributed by atoms with Gasteiger partial charge in [0.15, 0.2) is 5.01 Å². The number of aromatic nitrogens is 2. The lowest BCUT2D eigenvalue weighted by molar-refractivity contribution is 0.104. The number of rotatable bonds is 3. The van der Waals surface area contributed by atoms with E-state index in [0.717, 1.165) is 11.3 Å². The highest BCUT2D eigenvalue weighted by Gasteiger charge is 2.19. The summed E-state index contributed by atoms with van der Waals surface area (Å²) in [6.45, 7) is 0. The summed E-state index contributed by atoms with van der Waals surface area (Å²) in [6.07, 6.45) is 1.53. The molecule has 0 aliphatic heterocycles. The molecule has 5 nitrogen and oxygen atoms in total. The molecule has 0 aliphatic rings. The maximum Gasteiger partial charge on any atom is 0.223 e. The molecule has 0 saturated heterocycles. The zero-order valence-electron chi connectivity index (χ0n) is 10.6. The van der Waals surface area contributed by atoms with Gasteiger partial charge in [-0.05, 0) is 18.2 Å². The van der Waals surface area contributed by atoms with E-state index in [1.54, 1.807) is 11.4 Å². The van der Waals surface area contributed by atoms with Crippen LogP contribution in [0.5, 0.6) is 0 Å². The van der Waals surface area contributed by atoms with E-state index in [4.69, 9.17) is 11.0 Å². The first kappa shape index (κ1) is 13.4. The minimum Gasteiger partial charge on any atom is -0.360 e. The molecule has 3 aromatic rings. The van der Waals surface area contributed by atoms with Crippen molar-refractivity contribution in [3.05, 3.63) is 51.9 Å². The number of nitrogens with one attached hydrogen (secondary N) is 1. The van der Waals surface area contributed by atoms with Crippen molar-refractivity contribution in [3.63, 3.8) is 0 Å². The molecule has 21 heavy (non-hydrogen) atoms. The number of carbonyl (C=O) groups excluding carboxylic acids is 1. The molecule has 0 aliphatic carbocycles. The van der Waals surface area contributed by atoms with E-state index in [-0.39, 0.29) is 16.6 Å². The Labute approximate surface area is 122 Å². The second kappa shape index (κ2) is 5.09. The largest absolute Gasteiger partial charge is 0.360 e. The van der Waals surface area contributed by atoms with E-state index < -0.39 is 6.04 Å². The second-order valence-electron chi connectivity index (χ2n) is 4.41. The normalized spacial score (nSPS) is 12.2. The number of aromatic amines is 1. The van der Waals surface area contributed by atoms with Gasteiger partial charge in [0.2, 0.25) is 5.78 Å². The van der Waals surface area contributed by atoms with Crippen LogP contribution in [0.3, 0.4) is 0 Å². The number of nitrogens with two attached hydrogens (primary N) is 1. The highest BCUT2D eigenvalue weighted by Crippen LogP contribution is 2.24. The lowest BCUT2D eigenvalue weighted by Gasteiger charge is -1.97. The van der Waals surface area contributed by atoms with Crippen LogP contribution >= 0.6 is 11.3 Å². The molecule has 0 fully saturated rings. The van der Waals surface area contributed by atoms with Gasteiger partial charge in [0.25, 0.3) is 0 Å². The lowest BCUT2D eigenvalue weighted by Crippen LogP contribution is -2.08. The van der Waals surface area contributed by atoms with Crippen molar-refractivity contribution in [1.29, 1.82) is 5.26 Å². The molecular formula is C14H9FN4OS. The van der Waals surface area contributed by atoms with Gasteiger partial charge in [-0.25, -0.2) is 9.37 Å². The summed E-state index contributed by atoms with van der Waals surface area (Å²) < 4.78 is 13.1. The SMILES string of the molecule is N#CC(N)c1csc(C(=O)c2c[nH]c3cc(F)ccc23)n1. The van der Waals surface area contributed by atoms with Gasteiger partial charge in [-0.15, -0.1) is 11.3 Å². The van der Waals surface area contributed by atoms with Gasteiger partial charge in [-0.1, -0.05) is 0 Å². The maximum atomic E-state index is 13.1. The Bertz CT molecular complexity index is 877. The Hall–Kier alpha value is -2.56.